The lowest BCUT2D eigenvalue weighted by molar-refractivity contribution is 0.438. The summed E-state index contributed by atoms with van der Waals surface area (Å²) in [5.74, 6) is 1.14. The summed E-state index contributed by atoms with van der Waals surface area (Å²) in [6.07, 6.45) is 0.994. The van der Waals surface area contributed by atoms with E-state index in [4.69, 9.17) is 9.68 Å². The van der Waals surface area contributed by atoms with E-state index in [0.717, 1.165) is 16.7 Å². The number of hydrogen-bond donors (Lipinski definition) is 1. The smallest absolute Gasteiger partial charge is 0.203 e. The third-order valence-electron chi connectivity index (χ3n) is 2.98. The van der Waals surface area contributed by atoms with Gasteiger partial charge in [-0.25, -0.2) is 0 Å². The van der Waals surface area contributed by atoms with Gasteiger partial charge in [0.25, 0.3) is 0 Å². The fraction of sp³-hybridized carbons (Fsp3) is 0.267. The van der Waals surface area contributed by atoms with Gasteiger partial charge < -0.3 is 9.73 Å². The first kappa shape index (κ1) is 13.9. The number of nitrogens with one attached hydrogen (secondary N) is 1. The maximum Gasteiger partial charge on any atom is 0.203 e. The first-order valence-corrected chi connectivity index (χ1v) is 7.00. The maximum absolute atomic E-state index is 8.71. The first-order valence-electron chi connectivity index (χ1n) is 6.20. The standard InChI is InChI=1S/C15H15BrN2O/c1-2-15(11-3-5-12(16)6-4-11)18-10-14-8-7-13(9-17)19-14/h3-8,15,18H,2,10H2,1H3. The summed E-state index contributed by atoms with van der Waals surface area (Å²) in [5, 5.41) is 12.2. The van der Waals surface area contributed by atoms with Gasteiger partial charge >= 0.3 is 0 Å². The van der Waals surface area contributed by atoms with Gasteiger partial charge in [0.15, 0.2) is 0 Å². The molecule has 0 radical (unpaired) electrons. The first-order chi connectivity index (χ1) is 9.22. The molecule has 0 fully saturated rings. The molecule has 2 rings (SSSR count). The fourth-order valence-electron chi connectivity index (χ4n) is 1.95. The minimum atomic E-state index is 0.281. The molecular formula is C15H15BrN2O. The molecule has 0 aliphatic rings. The summed E-state index contributed by atoms with van der Waals surface area (Å²) in [6.45, 7) is 2.76. The lowest BCUT2D eigenvalue weighted by Gasteiger charge is -2.16. The highest BCUT2D eigenvalue weighted by molar-refractivity contribution is 9.10. The average molecular weight is 319 g/mol. The summed E-state index contributed by atoms with van der Waals surface area (Å²) in [7, 11) is 0. The van der Waals surface area contributed by atoms with E-state index in [-0.39, 0.29) is 6.04 Å². The SMILES string of the molecule is CCC(NCc1ccc(C#N)o1)c1ccc(Br)cc1. The van der Waals surface area contributed by atoms with Gasteiger partial charge in [0, 0.05) is 10.5 Å². The van der Waals surface area contributed by atoms with Crippen LogP contribution in [0.25, 0.3) is 0 Å². The molecule has 98 valence electrons. The largest absolute Gasteiger partial charge is 0.449 e. The van der Waals surface area contributed by atoms with Crippen molar-refractivity contribution in [2.24, 2.45) is 0 Å². The second-order valence-electron chi connectivity index (χ2n) is 4.27. The maximum atomic E-state index is 8.71. The molecule has 3 nitrogen and oxygen atoms in total. The second kappa shape index (κ2) is 6.55. The molecule has 1 N–H and O–H groups in total. The summed E-state index contributed by atoms with van der Waals surface area (Å²) < 4.78 is 6.43. The topological polar surface area (TPSA) is 49.0 Å². The zero-order valence-electron chi connectivity index (χ0n) is 10.7. The highest BCUT2D eigenvalue weighted by Gasteiger charge is 2.09. The van der Waals surface area contributed by atoms with Crippen molar-refractivity contribution < 1.29 is 4.42 Å². The number of nitrogens with zero attached hydrogens (tertiary/aromatic N) is 1. The van der Waals surface area contributed by atoms with E-state index in [9.17, 15) is 0 Å². The van der Waals surface area contributed by atoms with E-state index in [2.05, 4.69) is 40.3 Å². The van der Waals surface area contributed by atoms with Crippen LogP contribution in [0, 0.1) is 11.3 Å². The minimum Gasteiger partial charge on any atom is -0.449 e. The third kappa shape index (κ3) is 3.69. The summed E-state index contributed by atoms with van der Waals surface area (Å²) in [4.78, 5) is 0. The van der Waals surface area contributed by atoms with Crippen molar-refractivity contribution in [3.05, 3.63) is 58.0 Å². The van der Waals surface area contributed by atoms with Crippen LogP contribution in [0.15, 0.2) is 45.3 Å². The van der Waals surface area contributed by atoms with Gasteiger partial charge in [-0.3, -0.25) is 0 Å². The Kier molecular flexibility index (Phi) is 4.78. The van der Waals surface area contributed by atoms with E-state index in [1.165, 1.54) is 5.56 Å². The van der Waals surface area contributed by atoms with Crippen LogP contribution in [0.4, 0.5) is 0 Å². The van der Waals surface area contributed by atoms with E-state index in [0.29, 0.717) is 12.3 Å². The average Bonchev–Trinajstić information content (AvgIpc) is 2.89. The highest BCUT2D eigenvalue weighted by atomic mass is 79.9. The van der Waals surface area contributed by atoms with Crippen LogP contribution >= 0.6 is 15.9 Å². The molecule has 1 atom stereocenters. The van der Waals surface area contributed by atoms with Crippen LogP contribution < -0.4 is 5.32 Å². The molecule has 0 amide bonds. The van der Waals surface area contributed by atoms with Crippen molar-refractivity contribution in [1.29, 1.82) is 5.26 Å². The van der Waals surface area contributed by atoms with Crippen LogP contribution in [0.5, 0.6) is 0 Å². The summed E-state index contributed by atoms with van der Waals surface area (Å²) in [6, 6.07) is 14.1. The molecular weight excluding hydrogens is 304 g/mol. The number of nitriles is 1. The van der Waals surface area contributed by atoms with Gasteiger partial charge in [-0.05, 0) is 36.2 Å². The van der Waals surface area contributed by atoms with E-state index < -0.39 is 0 Å². The van der Waals surface area contributed by atoms with E-state index >= 15 is 0 Å². The van der Waals surface area contributed by atoms with Gasteiger partial charge in [0.1, 0.15) is 11.8 Å². The Morgan fingerprint density at radius 1 is 1.26 bits per heavy atom. The zero-order valence-corrected chi connectivity index (χ0v) is 12.3. The highest BCUT2D eigenvalue weighted by Crippen LogP contribution is 2.20. The Hall–Kier alpha value is -1.57. The van der Waals surface area contributed by atoms with Crippen molar-refractivity contribution in [2.45, 2.75) is 25.9 Å². The molecule has 1 aromatic carbocycles. The molecule has 2 aromatic rings. The van der Waals surface area contributed by atoms with Crippen molar-refractivity contribution in [2.75, 3.05) is 0 Å². The molecule has 1 aromatic heterocycles. The van der Waals surface area contributed by atoms with Crippen molar-refractivity contribution >= 4 is 15.9 Å². The third-order valence-corrected chi connectivity index (χ3v) is 3.50. The Bertz CT molecular complexity index is 569. The number of halogens is 1. The molecule has 1 unspecified atom stereocenters. The van der Waals surface area contributed by atoms with Gasteiger partial charge in [0.2, 0.25) is 5.76 Å². The molecule has 0 aliphatic carbocycles. The van der Waals surface area contributed by atoms with Gasteiger partial charge in [-0.1, -0.05) is 35.0 Å². The summed E-state index contributed by atoms with van der Waals surface area (Å²) >= 11 is 3.44. The van der Waals surface area contributed by atoms with E-state index in [1.807, 2.05) is 24.3 Å². The Labute approximate surface area is 121 Å². The number of rotatable bonds is 5. The lowest BCUT2D eigenvalue weighted by Crippen LogP contribution is -2.19. The van der Waals surface area contributed by atoms with Gasteiger partial charge in [-0.2, -0.15) is 5.26 Å². The predicted octanol–water partition coefficient (Wildman–Crippen LogP) is 4.15. The number of hydrogen-bond acceptors (Lipinski definition) is 3. The monoisotopic (exact) mass is 318 g/mol. The van der Waals surface area contributed by atoms with Crippen molar-refractivity contribution in [3.63, 3.8) is 0 Å². The van der Waals surface area contributed by atoms with E-state index in [1.54, 1.807) is 6.07 Å². The molecule has 0 saturated heterocycles. The number of benzene rings is 1. The van der Waals surface area contributed by atoms with Gasteiger partial charge in [-0.15, -0.1) is 0 Å². The Morgan fingerprint density at radius 3 is 2.58 bits per heavy atom. The zero-order chi connectivity index (χ0) is 13.7. The van der Waals surface area contributed by atoms with Crippen LogP contribution in [0.2, 0.25) is 0 Å². The molecule has 4 heteroatoms. The molecule has 0 bridgehead atoms. The molecule has 0 spiro atoms. The predicted molar refractivity (Wildman–Crippen MR) is 77.4 cm³/mol. The van der Waals surface area contributed by atoms with Crippen LogP contribution in [-0.2, 0) is 6.54 Å². The Balaban J connectivity index is 1.99. The fourth-order valence-corrected chi connectivity index (χ4v) is 2.21. The van der Waals surface area contributed by atoms with Gasteiger partial charge in [0.05, 0.1) is 6.54 Å². The van der Waals surface area contributed by atoms with Crippen LogP contribution in [0.1, 0.15) is 36.5 Å². The minimum absolute atomic E-state index is 0.281. The summed E-state index contributed by atoms with van der Waals surface area (Å²) in [5.41, 5.74) is 1.25. The second-order valence-corrected chi connectivity index (χ2v) is 5.19. The quantitative estimate of drug-likeness (QED) is 0.900. The molecule has 0 saturated carbocycles. The molecule has 1 heterocycles. The molecule has 0 aliphatic heterocycles. The normalized spacial score (nSPS) is 12.1. The Morgan fingerprint density at radius 2 is 2.00 bits per heavy atom. The number of furan rings is 1. The van der Waals surface area contributed by atoms with Crippen molar-refractivity contribution in [1.82, 2.24) is 5.32 Å². The lowest BCUT2D eigenvalue weighted by atomic mass is 10.0. The van der Waals surface area contributed by atoms with Crippen LogP contribution in [-0.4, -0.2) is 0 Å². The van der Waals surface area contributed by atoms with Crippen molar-refractivity contribution in [3.8, 4) is 6.07 Å². The van der Waals surface area contributed by atoms with Crippen LogP contribution in [0.3, 0.4) is 0 Å². The molecule has 19 heavy (non-hydrogen) atoms.